The lowest BCUT2D eigenvalue weighted by molar-refractivity contribution is 0.0696. The Bertz CT molecular complexity index is 525. The minimum atomic E-state index is -0.981. The molecule has 90 valence electrons. The Morgan fingerprint density at radius 2 is 2.24 bits per heavy atom. The molecule has 0 aliphatic heterocycles. The van der Waals surface area contributed by atoms with Crippen molar-refractivity contribution in [2.24, 2.45) is 7.05 Å². The number of halogens is 1. The van der Waals surface area contributed by atoms with Gasteiger partial charge in [0.05, 0.1) is 5.56 Å². The highest BCUT2D eigenvalue weighted by atomic mass is 35.5. The van der Waals surface area contributed by atoms with Gasteiger partial charge in [-0.2, -0.15) is 0 Å². The van der Waals surface area contributed by atoms with Gasteiger partial charge >= 0.3 is 12.0 Å². The van der Waals surface area contributed by atoms with Crippen molar-refractivity contribution < 1.29 is 14.6 Å². The number of carboxylic acids is 1. The lowest BCUT2D eigenvalue weighted by atomic mass is 10.2. The summed E-state index contributed by atoms with van der Waals surface area (Å²) in [4.78, 5) is 14.7. The van der Waals surface area contributed by atoms with Crippen molar-refractivity contribution in [2.45, 2.75) is 0 Å². The van der Waals surface area contributed by atoms with Crippen LogP contribution in [0.1, 0.15) is 10.4 Å². The fourth-order valence-corrected chi connectivity index (χ4v) is 1.25. The zero-order valence-electron chi connectivity index (χ0n) is 9.03. The van der Waals surface area contributed by atoms with Crippen molar-refractivity contribution in [3.05, 3.63) is 42.2 Å². The van der Waals surface area contributed by atoms with Crippen LogP contribution in [-0.4, -0.2) is 20.6 Å². The number of rotatable bonds is 3. The molecule has 0 amide bonds. The van der Waals surface area contributed by atoms with Gasteiger partial charge in [0.15, 0.2) is 0 Å². The number of nitrogens with zero attached hydrogens (tertiary/aromatic N) is 2. The van der Waals surface area contributed by atoms with Gasteiger partial charge in [-0.25, -0.2) is 9.78 Å². The maximum Gasteiger partial charge on any atom is 0.335 e. The van der Waals surface area contributed by atoms with Crippen LogP contribution < -0.4 is 4.74 Å². The number of carbonyl (C=O) groups is 1. The first kappa shape index (κ1) is 13.1. The molecule has 0 aliphatic rings. The molecule has 2 rings (SSSR count). The first-order valence-corrected chi connectivity index (χ1v) is 4.65. The van der Waals surface area contributed by atoms with Gasteiger partial charge < -0.3 is 14.4 Å². The second-order valence-electron chi connectivity index (χ2n) is 3.26. The molecule has 0 unspecified atom stereocenters. The summed E-state index contributed by atoms with van der Waals surface area (Å²) in [6.45, 7) is 0. The molecule has 0 fully saturated rings. The Morgan fingerprint density at radius 1 is 1.47 bits per heavy atom. The third kappa shape index (κ3) is 2.98. The summed E-state index contributed by atoms with van der Waals surface area (Å²) in [5.74, 6) is -0.528. The van der Waals surface area contributed by atoms with Crippen molar-refractivity contribution in [3.63, 3.8) is 0 Å². The van der Waals surface area contributed by atoms with Gasteiger partial charge in [-0.1, -0.05) is 6.07 Å². The number of carboxylic acid groups (broad SMARTS) is 1. The molecule has 5 nitrogen and oxygen atoms in total. The number of aromatic carboxylic acids is 1. The molecule has 1 aromatic carbocycles. The van der Waals surface area contributed by atoms with Crippen LogP contribution in [0.5, 0.6) is 11.8 Å². The van der Waals surface area contributed by atoms with E-state index in [4.69, 9.17) is 9.84 Å². The standard InChI is InChI=1S/C11H10N2O3.ClH/c1-13-6-5-12-11(13)16-9-4-2-3-8(7-9)10(14)15;/h2-7H,1H3,(H,14,15);1H. The third-order valence-corrected chi connectivity index (χ3v) is 2.07. The van der Waals surface area contributed by atoms with E-state index in [1.54, 1.807) is 36.1 Å². The smallest absolute Gasteiger partial charge is 0.335 e. The number of hydrogen-bond donors (Lipinski definition) is 1. The van der Waals surface area contributed by atoms with E-state index in [2.05, 4.69) is 4.98 Å². The highest BCUT2D eigenvalue weighted by Gasteiger charge is 2.06. The van der Waals surface area contributed by atoms with E-state index in [9.17, 15) is 4.79 Å². The molecule has 0 spiro atoms. The number of imidazole rings is 1. The summed E-state index contributed by atoms with van der Waals surface area (Å²) < 4.78 is 7.13. The van der Waals surface area contributed by atoms with Crippen LogP contribution in [0.3, 0.4) is 0 Å². The molecule has 0 atom stereocenters. The van der Waals surface area contributed by atoms with E-state index in [0.29, 0.717) is 11.8 Å². The Labute approximate surface area is 104 Å². The van der Waals surface area contributed by atoms with Gasteiger partial charge in [0, 0.05) is 19.4 Å². The maximum absolute atomic E-state index is 10.7. The maximum atomic E-state index is 10.7. The number of aryl methyl sites for hydroxylation is 1. The van der Waals surface area contributed by atoms with Crippen molar-refractivity contribution in [1.29, 1.82) is 0 Å². The molecule has 0 aliphatic carbocycles. The zero-order valence-corrected chi connectivity index (χ0v) is 9.85. The second-order valence-corrected chi connectivity index (χ2v) is 3.26. The van der Waals surface area contributed by atoms with Gasteiger partial charge in [0.2, 0.25) is 0 Å². The molecule has 0 saturated carbocycles. The third-order valence-electron chi connectivity index (χ3n) is 2.07. The highest BCUT2D eigenvalue weighted by molar-refractivity contribution is 5.88. The van der Waals surface area contributed by atoms with E-state index in [1.165, 1.54) is 12.1 Å². The Kier molecular flexibility index (Phi) is 4.12. The van der Waals surface area contributed by atoms with Crippen molar-refractivity contribution in [1.82, 2.24) is 9.55 Å². The first-order valence-electron chi connectivity index (χ1n) is 4.65. The SMILES string of the molecule is Cl.Cn1ccnc1Oc1cccc(C(=O)O)c1. The normalized spacial score (nSPS) is 9.47. The highest BCUT2D eigenvalue weighted by Crippen LogP contribution is 2.19. The summed E-state index contributed by atoms with van der Waals surface area (Å²) >= 11 is 0. The fraction of sp³-hybridized carbons (Fsp3) is 0.0909. The largest absolute Gasteiger partial charge is 0.478 e. The number of benzene rings is 1. The lowest BCUT2D eigenvalue weighted by Gasteiger charge is -2.05. The minimum absolute atomic E-state index is 0. The average Bonchev–Trinajstić information content (AvgIpc) is 2.65. The predicted molar refractivity (Wildman–Crippen MR) is 63.9 cm³/mol. The van der Waals surface area contributed by atoms with Crippen LogP contribution >= 0.6 is 12.4 Å². The van der Waals surface area contributed by atoms with Crippen LogP contribution in [-0.2, 0) is 7.05 Å². The number of ether oxygens (including phenoxy) is 1. The first-order chi connectivity index (χ1) is 7.66. The Balaban J connectivity index is 0.00000144. The summed E-state index contributed by atoms with van der Waals surface area (Å²) in [6, 6.07) is 6.69. The molecule has 1 heterocycles. The molecule has 1 aromatic heterocycles. The van der Waals surface area contributed by atoms with E-state index in [-0.39, 0.29) is 18.0 Å². The van der Waals surface area contributed by atoms with Crippen molar-refractivity contribution in [2.75, 3.05) is 0 Å². The molecular weight excluding hydrogens is 244 g/mol. The molecule has 1 N–H and O–H groups in total. The summed E-state index contributed by atoms with van der Waals surface area (Å²) in [5.41, 5.74) is 0.187. The van der Waals surface area contributed by atoms with Gasteiger partial charge in [-0.3, -0.25) is 0 Å². The molecule has 0 bridgehead atoms. The topological polar surface area (TPSA) is 64.4 Å². The molecule has 0 radical (unpaired) electrons. The van der Waals surface area contributed by atoms with Crippen LogP contribution in [0.2, 0.25) is 0 Å². The Morgan fingerprint density at radius 3 is 2.82 bits per heavy atom. The van der Waals surface area contributed by atoms with Crippen molar-refractivity contribution in [3.8, 4) is 11.8 Å². The van der Waals surface area contributed by atoms with Crippen LogP contribution in [0.15, 0.2) is 36.7 Å². The van der Waals surface area contributed by atoms with E-state index in [1.807, 2.05) is 0 Å². The van der Waals surface area contributed by atoms with E-state index in [0.717, 1.165) is 0 Å². The monoisotopic (exact) mass is 254 g/mol. The molecular formula is C11H11ClN2O3. The summed E-state index contributed by atoms with van der Waals surface area (Å²) in [6.07, 6.45) is 3.35. The van der Waals surface area contributed by atoms with Crippen LogP contribution in [0.4, 0.5) is 0 Å². The van der Waals surface area contributed by atoms with Crippen LogP contribution in [0, 0.1) is 0 Å². The van der Waals surface area contributed by atoms with Gasteiger partial charge in [-0.15, -0.1) is 12.4 Å². The van der Waals surface area contributed by atoms with E-state index < -0.39 is 5.97 Å². The summed E-state index contributed by atoms with van der Waals surface area (Å²) in [5, 5.41) is 8.81. The second kappa shape index (κ2) is 5.36. The molecule has 6 heteroatoms. The van der Waals surface area contributed by atoms with Crippen molar-refractivity contribution >= 4 is 18.4 Å². The summed E-state index contributed by atoms with van der Waals surface area (Å²) in [7, 11) is 1.80. The van der Waals surface area contributed by atoms with Gasteiger partial charge in [-0.05, 0) is 18.2 Å². The molecule has 0 saturated heterocycles. The van der Waals surface area contributed by atoms with Crippen LogP contribution in [0.25, 0.3) is 0 Å². The quantitative estimate of drug-likeness (QED) is 0.913. The number of aromatic nitrogens is 2. The van der Waals surface area contributed by atoms with E-state index >= 15 is 0 Å². The lowest BCUT2D eigenvalue weighted by Crippen LogP contribution is -1.97. The molecule has 17 heavy (non-hydrogen) atoms. The zero-order chi connectivity index (χ0) is 11.5. The fourth-order valence-electron chi connectivity index (χ4n) is 1.25. The van der Waals surface area contributed by atoms with Gasteiger partial charge in [0.1, 0.15) is 5.75 Å². The Hall–Kier alpha value is -2.01. The predicted octanol–water partition coefficient (Wildman–Crippen LogP) is 2.33. The average molecular weight is 255 g/mol. The minimum Gasteiger partial charge on any atom is -0.478 e. The molecule has 2 aromatic rings. The van der Waals surface area contributed by atoms with Gasteiger partial charge in [0.25, 0.3) is 0 Å². The number of hydrogen-bond acceptors (Lipinski definition) is 3.